The summed E-state index contributed by atoms with van der Waals surface area (Å²) in [5, 5.41) is 7.23. The number of aromatic nitrogens is 1. The Morgan fingerprint density at radius 1 is 1.17 bits per heavy atom. The number of nitrogens with zero attached hydrogens (tertiary/aromatic N) is 1. The molecule has 0 aliphatic heterocycles. The summed E-state index contributed by atoms with van der Waals surface area (Å²) in [5.74, 6) is 0. The molecule has 3 rings (SSSR count). The Labute approximate surface area is 145 Å². The van der Waals surface area contributed by atoms with E-state index in [9.17, 15) is 4.79 Å². The van der Waals surface area contributed by atoms with Crippen molar-refractivity contribution in [2.45, 2.75) is 6.54 Å². The summed E-state index contributed by atoms with van der Waals surface area (Å²) in [7, 11) is 1.67. The van der Waals surface area contributed by atoms with Gasteiger partial charge in [-0.05, 0) is 24.3 Å². The van der Waals surface area contributed by atoms with Crippen LogP contribution in [0.4, 0.5) is 16.2 Å². The molecule has 0 saturated heterocycles. The van der Waals surface area contributed by atoms with Gasteiger partial charge in [-0.15, -0.1) is 0 Å². The van der Waals surface area contributed by atoms with E-state index in [-0.39, 0.29) is 6.03 Å². The topological polar surface area (TPSA) is 55.3 Å². The van der Waals surface area contributed by atoms with Gasteiger partial charge in [0.15, 0.2) is 0 Å². The van der Waals surface area contributed by atoms with Crippen LogP contribution in [0.3, 0.4) is 0 Å². The minimum atomic E-state index is -0.313. The number of fused-ring (bicyclic) bond motifs is 1. The molecule has 0 radical (unpaired) electrons. The Kier molecular flexibility index (Phi) is 5.03. The number of hydrogen-bond donors (Lipinski definition) is 2. The second-order valence-electron chi connectivity index (χ2n) is 5.34. The van der Waals surface area contributed by atoms with Crippen molar-refractivity contribution in [1.82, 2.24) is 4.57 Å². The Morgan fingerprint density at radius 2 is 2.00 bits per heavy atom. The van der Waals surface area contributed by atoms with Gasteiger partial charge in [-0.25, -0.2) is 4.79 Å². The van der Waals surface area contributed by atoms with E-state index in [1.54, 1.807) is 31.4 Å². The lowest BCUT2D eigenvalue weighted by molar-refractivity contribution is 0.188. The van der Waals surface area contributed by atoms with Gasteiger partial charge in [-0.2, -0.15) is 0 Å². The van der Waals surface area contributed by atoms with Gasteiger partial charge in [0.05, 0.1) is 17.8 Å². The molecule has 0 unspecified atom stereocenters. The fourth-order valence-corrected chi connectivity index (χ4v) is 2.76. The number of para-hydroxylation sites is 1. The zero-order valence-electron chi connectivity index (χ0n) is 13.3. The third kappa shape index (κ3) is 3.69. The minimum Gasteiger partial charge on any atom is -0.383 e. The smallest absolute Gasteiger partial charge is 0.323 e. The van der Waals surface area contributed by atoms with Crippen molar-refractivity contribution < 1.29 is 9.53 Å². The van der Waals surface area contributed by atoms with Gasteiger partial charge in [0.1, 0.15) is 0 Å². The van der Waals surface area contributed by atoms with Gasteiger partial charge in [0.25, 0.3) is 0 Å². The van der Waals surface area contributed by atoms with E-state index in [1.807, 2.05) is 30.5 Å². The van der Waals surface area contributed by atoms with E-state index in [0.29, 0.717) is 23.9 Å². The van der Waals surface area contributed by atoms with Crippen LogP contribution in [0.5, 0.6) is 0 Å². The number of rotatable bonds is 5. The first-order valence-electron chi connectivity index (χ1n) is 7.58. The first-order valence-corrected chi connectivity index (χ1v) is 7.95. The van der Waals surface area contributed by atoms with Crippen molar-refractivity contribution in [2.75, 3.05) is 24.4 Å². The van der Waals surface area contributed by atoms with Crippen LogP contribution in [-0.4, -0.2) is 24.3 Å². The van der Waals surface area contributed by atoms with Gasteiger partial charge in [0, 0.05) is 35.9 Å². The Bertz CT molecular complexity index is 860. The van der Waals surface area contributed by atoms with E-state index < -0.39 is 0 Å². The number of anilines is 2. The summed E-state index contributed by atoms with van der Waals surface area (Å²) < 4.78 is 7.21. The lowest BCUT2D eigenvalue weighted by atomic mass is 10.2. The molecule has 5 nitrogen and oxygen atoms in total. The number of nitrogens with one attached hydrogen (secondary N) is 2. The van der Waals surface area contributed by atoms with Crippen LogP contribution in [0, 0.1) is 0 Å². The SMILES string of the molecule is COCCn1cc(NC(=O)Nc2cccc(Cl)c2)c2ccccc21. The van der Waals surface area contributed by atoms with Crippen molar-refractivity contribution in [3.05, 3.63) is 59.8 Å². The molecule has 0 aliphatic rings. The summed E-state index contributed by atoms with van der Waals surface area (Å²) in [6.07, 6.45) is 1.92. The molecule has 0 atom stereocenters. The quantitative estimate of drug-likeness (QED) is 0.712. The predicted molar refractivity (Wildman–Crippen MR) is 97.9 cm³/mol. The highest BCUT2D eigenvalue weighted by Crippen LogP contribution is 2.26. The molecule has 2 aromatic carbocycles. The number of methoxy groups -OCH3 is 1. The molecule has 24 heavy (non-hydrogen) atoms. The highest BCUT2D eigenvalue weighted by Gasteiger charge is 2.11. The van der Waals surface area contributed by atoms with Gasteiger partial charge in [0.2, 0.25) is 0 Å². The first-order chi connectivity index (χ1) is 11.7. The molecule has 2 amide bonds. The van der Waals surface area contributed by atoms with Gasteiger partial charge in [-0.1, -0.05) is 35.9 Å². The second kappa shape index (κ2) is 7.38. The number of amides is 2. The molecule has 1 heterocycles. The van der Waals surface area contributed by atoms with Gasteiger partial charge < -0.3 is 19.9 Å². The molecule has 0 saturated carbocycles. The lowest BCUT2D eigenvalue weighted by Gasteiger charge is -2.07. The average molecular weight is 344 g/mol. The van der Waals surface area contributed by atoms with Gasteiger partial charge >= 0.3 is 6.03 Å². The summed E-state index contributed by atoms with van der Waals surface area (Å²) >= 11 is 5.93. The molecule has 0 fully saturated rings. The average Bonchev–Trinajstić information content (AvgIpc) is 2.91. The van der Waals surface area contributed by atoms with Gasteiger partial charge in [-0.3, -0.25) is 0 Å². The highest BCUT2D eigenvalue weighted by molar-refractivity contribution is 6.30. The number of ether oxygens (including phenoxy) is 1. The molecule has 124 valence electrons. The van der Waals surface area contributed by atoms with E-state index in [4.69, 9.17) is 16.3 Å². The zero-order chi connectivity index (χ0) is 16.9. The van der Waals surface area contributed by atoms with Crippen LogP contribution in [0.1, 0.15) is 0 Å². The number of carbonyl (C=O) groups is 1. The number of hydrogen-bond acceptors (Lipinski definition) is 2. The standard InChI is InChI=1S/C18H18ClN3O2/c1-24-10-9-22-12-16(15-7-2-3-8-17(15)22)21-18(23)20-14-6-4-5-13(19)11-14/h2-8,11-12H,9-10H2,1H3,(H2,20,21,23). The third-order valence-electron chi connectivity index (χ3n) is 3.66. The lowest BCUT2D eigenvalue weighted by Crippen LogP contribution is -2.19. The van der Waals surface area contributed by atoms with E-state index >= 15 is 0 Å². The molecule has 0 aliphatic carbocycles. The fourth-order valence-electron chi connectivity index (χ4n) is 2.57. The van der Waals surface area contributed by atoms with Crippen molar-refractivity contribution in [2.24, 2.45) is 0 Å². The number of benzene rings is 2. The summed E-state index contributed by atoms with van der Waals surface area (Å²) in [6, 6.07) is 14.6. The van der Waals surface area contributed by atoms with Crippen molar-refractivity contribution in [3.63, 3.8) is 0 Å². The predicted octanol–water partition coefficient (Wildman–Crippen LogP) is 4.59. The maximum atomic E-state index is 12.3. The summed E-state index contributed by atoms with van der Waals surface area (Å²) in [5.41, 5.74) is 2.44. The monoisotopic (exact) mass is 343 g/mol. The second-order valence-corrected chi connectivity index (χ2v) is 5.77. The molecule has 0 spiro atoms. The Hall–Kier alpha value is -2.50. The number of carbonyl (C=O) groups excluding carboxylic acids is 1. The van der Waals surface area contributed by atoms with Crippen molar-refractivity contribution >= 4 is 39.9 Å². The van der Waals surface area contributed by atoms with Crippen LogP contribution in [0.15, 0.2) is 54.7 Å². The Balaban J connectivity index is 1.80. The van der Waals surface area contributed by atoms with E-state index in [2.05, 4.69) is 15.2 Å². The van der Waals surface area contributed by atoms with Crippen LogP contribution in [-0.2, 0) is 11.3 Å². The minimum absolute atomic E-state index is 0.313. The van der Waals surface area contributed by atoms with Crippen LogP contribution in [0.2, 0.25) is 5.02 Å². The largest absolute Gasteiger partial charge is 0.383 e. The first kappa shape index (κ1) is 16.4. The number of urea groups is 1. The van der Waals surface area contributed by atoms with Crippen LogP contribution < -0.4 is 10.6 Å². The normalized spacial score (nSPS) is 10.8. The molecular weight excluding hydrogens is 326 g/mol. The van der Waals surface area contributed by atoms with Crippen LogP contribution >= 0.6 is 11.6 Å². The summed E-state index contributed by atoms with van der Waals surface area (Å²) in [6.45, 7) is 1.32. The maximum absolute atomic E-state index is 12.3. The molecule has 1 aromatic heterocycles. The maximum Gasteiger partial charge on any atom is 0.323 e. The molecule has 0 bridgehead atoms. The molecule has 3 aromatic rings. The Morgan fingerprint density at radius 3 is 2.79 bits per heavy atom. The molecular formula is C18H18ClN3O2. The highest BCUT2D eigenvalue weighted by atomic mass is 35.5. The van der Waals surface area contributed by atoms with E-state index in [1.165, 1.54) is 0 Å². The number of halogens is 1. The third-order valence-corrected chi connectivity index (χ3v) is 3.89. The van der Waals surface area contributed by atoms with Crippen molar-refractivity contribution in [3.8, 4) is 0 Å². The molecule has 6 heteroatoms. The van der Waals surface area contributed by atoms with Crippen molar-refractivity contribution in [1.29, 1.82) is 0 Å². The molecule has 2 N–H and O–H groups in total. The zero-order valence-corrected chi connectivity index (χ0v) is 14.0. The summed E-state index contributed by atoms with van der Waals surface area (Å²) in [4.78, 5) is 12.3. The van der Waals surface area contributed by atoms with Crippen LogP contribution in [0.25, 0.3) is 10.9 Å². The fraction of sp³-hybridized carbons (Fsp3) is 0.167. The van der Waals surface area contributed by atoms with E-state index in [0.717, 1.165) is 16.6 Å².